The van der Waals surface area contributed by atoms with Crippen LogP contribution in [0.3, 0.4) is 0 Å². The maximum Gasteiger partial charge on any atom is 0.234 e. The molecule has 1 aromatic rings. The van der Waals surface area contributed by atoms with E-state index in [1.165, 1.54) is 25.0 Å². The molecular weight excluding hydrogens is 319 g/mol. The van der Waals surface area contributed by atoms with E-state index < -0.39 is 0 Å². The molecule has 1 unspecified atom stereocenters. The Morgan fingerprint density at radius 3 is 2.78 bits per heavy atom. The molecule has 0 aromatic heterocycles. The van der Waals surface area contributed by atoms with Gasteiger partial charge in [0.2, 0.25) is 5.91 Å². The molecule has 1 aromatic carbocycles. The van der Waals surface area contributed by atoms with Crippen LogP contribution in [-0.4, -0.2) is 32.7 Å². The van der Waals surface area contributed by atoms with E-state index in [1.807, 2.05) is 6.07 Å². The highest BCUT2D eigenvalue weighted by atomic mass is 35.5. The Kier molecular flexibility index (Phi) is 9.14. The molecule has 1 atom stereocenters. The van der Waals surface area contributed by atoms with Crippen LogP contribution in [0.15, 0.2) is 24.3 Å². The maximum atomic E-state index is 13.5. The van der Waals surface area contributed by atoms with Crippen LogP contribution >= 0.6 is 12.4 Å². The van der Waals surface area contributed by atoms with Gasteiger partial charge in [0, 0.05) is 13.7 Å². The topological polar surface area (TPSA) is 50.4 Å². The van der Waals surface area contributed by atoms with Gasteiger partial charge in [0.05, 0.1) is 19.2 Å². The zero-order valence-corrected chi connectivity index (χ0v) is 14.3. The highest BCUT2D eigenvalue weighted by Crippen LogP contribution is 2.35. The van der Waals surface area contributed by atoms with Crippen LogP contribution < -0.4 is 10.6 Å². The van der Waals surface area contributed by atoms with Gasteiger partial charge in [-0.25, -0.2) is 4.39 Å². The SMILES string of the molecule is COCCNCC(=O)NC(c1cccc(F)c1)C1CCCC1.Cl. The van der Waals surface area contributed by atoms with Crippen LogP contribution in [0.4, 0.5) is 4.39 Å². The van der Waals surface area contributed by atoms with Gasteiger partial charge >= 0.3 is 0 Å². The van der Waals surface area contributed by atoms with Gasteiger partial charge in [-0.3, -0.25) is 4.79 Å². The number of nitrogens with one attached hydrogen (secondary N) is 2. The fraction of sp³-hybridized carbons (Fsp3) is 0.588. The molecule has 6 heteroatoms. The lowest BCUT2D eigenvalue weighted by atomic mass is 9.91. The summed E-state index contributed by atoms with van der Waals surface area (Å²) in [6, 6.07) is 6.46. The summed E-state index contributed by atoms with van der Waals surface area (Å²) in [5.41, 5.74) is 0.858. The lowest BCUT2D eigenvalue weighted by Gasteiger charge is -2.25. The Balaban J connectivity index is 0.00000264. The van der Waals surface area contributed by atoms with E-state index in [-0.39, 0.29) is 36.7 Å². The Morgan fingerprint density at radius 1 is 1.39 bits per heavy atom. The number of halogens is 2. The summed E-state index contributed by atoms with van der Waals surface area (Å²) in [6.45, 7) is 1.46. The summed E-state index contributed by atoms with van der Waals surface area (Å²) >= 11 is 0. The van der Waals surface area contributed by atoms with Gasteiger partial charge in [0.15, 0.2) is 0 Å². The van der Waals surface area contributed by atoms with Crippen LogP contribution in [0.5, 0.6) is 0 Å². The van der Waals surface area contributed by atoms with Crippen LogP contribution in [0.1, 0.15) is 37.3 Å². The van der Waals surface area contributed by atoms with Crippen molar-refractivity contribution in [2.24, 2.45) is 5.92 Å². The largest absolute Gasteiger partial charge is 0.383 e. The fourth-order valence-electron chi connectivity index (χ4n) is 3.06. The quantitative estimate of drug-likeness (QED) is 0.713. The van der Waals surface area contributed by atoms with E-state index in [1.54, 1.807) is 13.2 Å². The number of hydrogen-bond donors (Lipinski definition) is 2. The number of carbonyl (C=O) groups excluding carboxylic acids is 1. The normalized spacial score (nSPS) is 15.9. The van der Waals surface area contributed by atoms with E-state index in [0.29, 0.717) is 19.1 Å². The van der Waals surface area contributed by atoms with Crippen molar-refractivity contribution >= 4 is 18.3 Å². The summed E-state index contributed by atoms with van der Waals surface area (Å²) < 4.78 is 18.4. The first-order valence-corrected chi connectivity index (χ1v) is 7.95. The third-order valence-electron chi connectivity index (χ3n) is 4.16. The highest BCUT2D eigenvalue weighted by Gasteiger charge is 2.27. The predicted octanol–water partition coefficient (Wildman–Crippen LogP) is 2.83. The first-order chi connectivity index (χ1) is 10.7. The van der Waals surface area contributed by atoms with Gasteiger partial charge in [-0.15, -0.1) is 12.4 Å². The van der Waals surface area contributed by atoms with Crippen LogP contribution in [0, 0.1) is 11.7 Å². The molecule has 1 aliphatic rings. The maximum absolute atomic E-state index is 13.5. The van der Waals surface area contributed by atoms with Gasteiger partial charge in [0.1, 0.15) is 5.82 Å². The molecular formula is C17H26ClFN2O2. The molecule has 0 saturated heterocycles. The van der Waals surface area contributed by atoms with Gasteiger partial charge in [-0.2, -0.15) is 0 Å². The zero-order valence-electron chi connectivity index (χ0n) is 13.5. The molecule has 0 radical (unpaired) electrons. The lowest BCUT2D eigenvalue weighted by molar-refractivity contribution is -0.121. The molecule has 1 saturated carbocycles. The lowest BCUT2D eigenvalue weighted by Crippen LogP contribution is -2.39. The Bertz CT molecular complexity index is 481. The predicted molar refractivity (Wildman–Crippen MR) is 91.2 cm³/mol. The summed E-state index contributed by atoms with van der Waals surface area (Å²) in [4.78, 5) is 12.1. The standard InChI is InChI=1S/C17H25FN2O2.ClH/c1-22-10-9-19-12-16(21)20-17(13-5-2-3-6-13)14-7-4-8-15(18)11-14;/h4,7-8,11,13,17,19H,2-3,5-6,9-10,12H2,1H3,(H,20,21);1H. The average Bonchev–Trinajstić information content (AvgIpc) is 3.03. The van der Waals surface area contributed by atoms with E-state index >= 15 is 0 Å². The van der Waals surface area contributed by atoms with E-state index in [2.05, 4.69) is 10.6 Å². The zero-order chi connectivity index (χ0) is 15.8. The minimum absolute atomic E-state index is 0. The number of hydrogen-bond acceptors (Lipinski definition) is 3. The fourth-order valence-corrected chi connectivity index (χ4v) is 3.06. The van der Waals surface area contributed by atoms with Crippen LogP contribution in [-0.2, 0) is 9.53 Å². The second-order valence-electron chi connectivity index (χ2n) is 5.81. The molecule has 130 valence electrons. The van der Waals surface area contributed by atoms with E-state index in [0.717, 1.165) is 18.4 Å². The third kappa shape index (κ3) is 6.45. The minimum Gasteiger partial charge on any atom is -0.383 e. The smallest absolute Gasteiger partial charge is 0.234 e. The van der Waals surface area contributed by atoms with Gasteiger partial charge < -0.3 is 15.4 Å². The van der Waals surface area contributed by atoms with Crippen molar-refractivity contribution in [2.75, 3.05) is 26.8 Å². The third-order valence-corrected chi connectivity index (χ3v) is 4.16. The van der Waals surface area contributed by atoms with Crippen molar-refractivity contribution in [2.45, 2.75) is 31.7 Å². The number of methoxy groups -OCH3 is 1. The molecule has 23 heavy (non-hydrogen) atoms. The summed E-state index contributed by atoms with van der Waals surface area (Å²) in [6.07, 6.45) is 4.52. The van der Waals surface area contributed by atoms with Crippen molar-refractivity contribution in [3.05, 3.63) is 35.6 Å². The molecule has 0 heterocycles. The van der Waals surface area contributed by atoms with E-state index in [4.69, 9.17) is 4.74 Å². The monoisotopic (exact) mass is 344 g/mol. The Labute approximate surface area is 143 Å². The average molecular weight is 345 g/mol. The molecule has 2 rings (SSSR count). The van der Waals surface area contributed by atoms with Crippen molar-refractivity contribution in [1.82, 2.24) is 10.6 Å². The van der Waals surface area contributed by atoms with Crippen LogP contribution in [0.25, 0.3) is 0 Å². The molecule has 4 nitrogen and oxygen atoms in total. The van der Waals surface area contributed by atoms with Crippen molar-refractivity contribution in [3.63, 3.8) is 0 Å². The molecule has 2 N–H and O–H groups in total. The molecule has 0 bridgehead atoms. The number of ether oxygens (including phenoxy) is 1. The number of rotatable bonds is 8. The first-order valence-electron chi connectivity index (χ1n) is 7.95. The van der Waals surface area contributed by atoms with Gasteiger partial charge in [0.25, 0.3) is 0 Å². The first kappa shape index (κ1) is 19.9. The number of carbonyl (C=O) groups is 1. The highest BCUT2D eigenvalue weighted by molar-refractivity contribution is 5.85. The van der Waals surface area contributed by atoms with Crippen LogP contribution in [0.2, 0.25) is 0 Å². The second-order valence-corrected chi connectivity index (χ2v) is 5.81. The van der Waals surface area contributed by atoms with Crippen molar-refractivity contribution in [1.29, 1.82) is 0 Å². The van der Waals surface area contributed by atoms with E-state index in [9.17, 15) is 9.18 Å². The molecule has 0 spiro atoms. The summed E-state index contributed by atoms with van der Waals surface area (Å²) in [5.74, 6) is 0.0787. The number of benzene rings is 1. The van der Waals surface area contributed by atoms with Gasteiger partial charge in [-0.05, 0) is 36.5 Å². The molecule has 1 amide bonds. The van der Waals surface area contributed by atoms with Gasteiger partial charge in [-0.1, -0.05) is 25.0 Å². The second kappa shape index (κ2) is 10.6. The number of amides is 1. The molecule has 0 aliphatic heterocycles. The summed E-state index contributed by atoms with van der Waals surface area (Å²) in [7, 11) is 1.63. The van der Waals surface area contributed by atoms with Crippen molar-refractivity contribution < 1.29 is 13.9 Å². The molecule has 1 fully saturated rings. The van der Waals surface area contributed by atoms with Crippen molar-refractivity contribution in [3.8, 4) is 0 Å². The Hall–Kier alpha value is -1.17. The minimum atomic E-state index is -0.257. The summed E-state index contributed by atoms with van der Waals surface area (Å²) in [5, 5.41) is 6.10. The Morgan fingerprint density at radius 2 is 2.13 bits per heavy atom. The molecule has 1 aliphatic carbocycles.